The van der Waals surface area contributed by atoms with Gasteiger partial charge in [0.15, 0.2) is 0 Å². The Kier molecular flexibility index (Phi) is 4.88. The van der Waals surface area contributed by atoms with Gasteiger partial charge in [0.1, 0.15) is 12.1 Å². The number of methoxy groups -OCH3 is 1. The van der Waals surface area contributed by atoms with Crippen molar-refractivity contribution in [1.29, 1.82) is 0 Å². The monoisotopic (exact) mass is 262 g/mol. The Labute approximate surface area is 111 Å². The Bertz CT molecular complexity index is 533. The number of anilines is 2. The van der Waals surface area contributed by atoms with E-state index in [4.69, 9.17) is 15.2 Å². The van der Waals surface area contributed by atoms with E-state index in [1.54, 1.807) is 7.11 Å². The van der Waals surface area contributed by atoms with Crippen molar-refractivity contribution in [2.45, 2.75) is 0 Å². The number of rotatable bonds is 7. The van der Waals surface area contributed by atoms with Gasteiger partial charge in [0, 0.05) is 24.7 Å². The second-order valence-electron chi connectivity index (χ2n) is 4.03. The molecule has 0 amide bonds. The lowest BCUT2D eigenvalue weighted by Gasteiger charge is -2.09. The molecule has 0 bridgehead atoms. The van der Waals surface area contributed by atoms with Gasteiger partial charge < -0.3 is 20.5 Å². The van der Waals surface area contributed by atoms with Crippen LogP contribution < -0.4 is 11.1 Å². The Hall–Kier alpha value is -1.92. The van der Waals surface area contributed by atoms with E-state index < -0.39 is 0 Å². The fourth-order valence-corrected chi connectivity index (χ4v) is 1.70. The van der Waals surface area contributed by atoms with Crippen molar-refractivity contribution in [3.8, 4) is 0 Å². The first kappa shape index (κ1) is 13.5. The first-order valence-corrected chi connectivity index (χ1v) is 6.12. The van der Waals surface area contributed by atoms with Gasteiger partial charge in [-0.1, -0.05) is 0 Å². The zero-order valence-electron chi connectivity index (χ0n) is 10.9. The van der Waals surface area contributed by atoms with Crippen molar-refractivity contribution in [3.63, 3.8) is 0 Å². The van der Waals surface area contributed by atoms with Gasteiger partial charge in [0.05, 0.1) is 25.3 Å². The van der Waals surface area contributed by atoms with E-state index in [1.807, 2.05) is 18.2 Å². The van der Waals surface area contributed by atoms with Crippen LogP contribution in [0.5, 0.6) is 0 Å². The van der Waals surface area contributed by atoms with Gasteiger partial charge in [-0.05, 0) is 18.2 Å². The molecule has 6 heteroatoms. The number of benzene rings is 1. The average molecular weight is 262 g/mol. The van der Waals surface area contributed by atoms with Crippen molar-refractivity contribution >= 4 is 22.4 Å². The Morgan fingerprint density at radius 3 is 2.95 bits per heavy atom. The van der Waals surface area contributed by atoms with Crippen LogP contribution in [0.2, 0.25) is 0 Å². The normalized spacial score (nSPS) is 10.8. The van der Waals surface area contributed by atoms with E-state index in [2.05, 4.69) is 15.3 Å². The minimum absolute atomic E-state index is 0.593. The molecule has 1 heterocycles. The molecule has 3 N–H and O–H groups in total. The highest BCUT2D eigenvalue weighted by molar-refractivity contribution is 5.91. The van der Waals surface area contributed by atoms with E-state index in [0.29, 0.717) is 32.1 Å². The molecule has 0 fully saturated rings. The van der Waals surface area contributed by atoms with Crippen LogP contribution in [-0.4, -0.2) is 43.4 Å². The van der Waals surface area contributed by atoms with Gasteiger partial charge in [0.2, 0.25) is 0 Å². The number of hydrogen-bond acceptors (Lipinski definition) is 6. The van der Waals surface area contributed by atoms with Gasteiger partial charge in [0.25, 0.3) is 0 Å². The van der Waals surface area contributed by atoms with E-state index in [0.717, 1.165) is 16.7 Å². The van der Waals surface area contributed by atoms with Crippen LogP contribution in [0.3, 0.4) is 0 Å². The number of nitrogen functional groups attached to an aromatic ring is 1. The topological polar surface area (TPSA) is 82.3 Å². The summed E-state index contributed by atoms with van der Waals surface area (Å²) in [6.07, 6.45) is 1.53. The summed E-state index contributed by atoms with van der Waals surface area (Å²) in [4.78, 5) is 8.42. The van der Waals surface area contributed by atoms with Gasteiger partial charge in [-0.25, -0.2) is 9.97 Å². The molecule has 6 nitrogen and oxygen atoms in total. The number of nitrogens with two attached hydrogens (primary N) is 1. The molecule has 1 aromatic carbocycles. The molecule has 0 unspecified atom stereocenters. The summed E-state index contributed by atoms with van der Waals surface area (Å²) in [6, 6.07) is 5.57. The quantitative estimate of drug-likeness (QED) is 0.578. The molecule has 0 atom stereocenters. The molecule has 0 aliphatic rings. The maximum atomic E-state index is 5.78. The zero-order valence-corrected chi connectivity index (χ0v) is 10.9. The first-order chi connectivity index (χ1) is 9.31. The molecule has 0 saturated carbocycles. The third-order valence-electron chi connectivity index (χ3n) is 2.63. The van der Waals surface area contributed by atoms with Gasteiger partial charge in [-0.2, -0.15) is 0 Å². The van der Waals surface area contributed by atoms with Crippen LogP contribution in [0.4, 0.5) is 11.5 Å². The highest BCUT2D eigenvalue weighted by Gasteiger charge is 2.03. The third-order valence-corrected chi connectivity index (χ3v) is 2.63. The molecule has 0 aliphatic carbocycles. The molecule has 19 heavy (non-hydrogen) atoms. The lowest BCUT2D eigenvalue weighted by Crippen LogP contribution is -2.13. The Morgan fingerprint density at radius 1 is 1.21 bits per heavy atom. The summed E-state index contributed by atoms with van der Waals surface area (Å²) in [5, 5.41) is 4.14. The molecule has 2 rings (SSSR count). The van der Waals surface area contributed by atoms with E-state index in [1.165, 1.54) is 6.33 Å². The van der Waals surface area contributed by atoms with Crippen LogP contribution in [0.15, 0.2) is 24.5 Å². The van der Waals surface area contributed by atoms with Gasteiger partial charge in [-0.3, -0.25) is 0 Å². The van der Waals surface area contributed by atoms with Gasteiger partial charge >= 0.3 is 0 Å². The molecule has 102 valence electrons. The summed E-state index contributed by atoms with van der Waals surface area (Å²) in [5.41, 5.74) is 7.34. The molecular weight excluding hydrogens is 244 g/mol. The van der Waals surface area contributed by atoms with Crippen LogP contribution in [0, 0.1) is 0 Å². The highest BCUT2D eigenvalue weighted by atomic mass is 16.5. The van der Waals surface area contributed by atoms with Crippen LogP contribution in [-0.2, 0) is 9.47 Å². The number of aromatic nitrogens is 2. The summed E-state index contributed by atoms with van der Waals surface area (Å²) < 4.78 is 10.3. The molecule has 2 aromatic rings. The second kappa shape index (κ2) is 6.86. The number of nitrogens with zero attached hydrogens (tertiary/aromatic N) is 2. The molecule has 1 aromatic heterocycles. The van der Waals surface area contributed by atoms with Crippen LogP contribution >= 0.6 is 0 Å². The Morgan fingerprint density at radius 2 is 2.11 bits per heavy atom. The molecule has 0 saturated heterocycles. The standard InChI is InChI=1S/C13H18N4O2/c1-18-6-7-19-5-4-15-13-11-8-10(14)2-3-12(11)16-9-17-13/h2-3,8-9H,4-7,14H2,1H3,(H,15,16,17). The van der Waals surface area contributed by atoms with Crippen LogP contribution in [0.25, 0.3) is 10.9 Å². The second-order valence-corrected chi connectivity index (χ2v) is 4.03. The summed E-state index contributed by atoms with van der Waals surface area (Å²) in [6.45, 7) is 2.46. The fraction of sp³-hybridized carbons (Fsp3) is 0.385. The van der Waals surface area contributed by atoms with Crippen molar-refractivity contribution in [2.75, 3.05) is 44.5 Å². The maximum absolute atomic E-state index is 5.78. The van der Waals surface area contributed by atoms with Gasteiger partial charge in [-0.15, -0.1) is 0 Å². The van der Waals surface area contributed by atoms with Crippen molar-refractivity contribution in [1.82, 2.24) is 9.97 Å². The molecular formula is C13H18N4O2. The number of nitrogens with one attached hydrogen (secondary N) is 1. The largest absolute Gasteiger partial charge is 0.399 e. The molecule has 0 radical (unpaired) electrons. The average Bonchev–Trinajstić information content (AvgIpc) is 2.43. The van der Waals surface area contributed by atoms with Crippen molar-refractivity contribution in [3.05, 3.63) is 24.5 Å². The first-order valence-electron chi connectivity index (χ1n) is 6.12. The lowest BCUT2D eigenvalue weighted by atomic mass is 10.2. The van der Waals surface area contributed by atoms with Crippen molar-refractivity contribution < 1.29 is 9.47 Å². The number of ether oxygens (including phenoxy) is 2. The van der Waals surface area contributed by atoms with E-state index in [-0.39, 0.29) is 0 Å². The SMILES string of the molecule is COCCOCCNc1ncnc2ccc(N)cc12. The fourth-order valence-electron chi connectivity index (χ4n) is 1.70. The molecule has 0 aliphatic heterocycles. The van der Waals surface area contributed by atoms with E-state index >= 15 is 0 Å². The summed E-state index contributed by atoms with van der Waals surface area (Å²) in [5.74, 6) is 0.771. The summed E-state index contributed by atoms with van der Waals surface area (Å²) >= 11 is 0. The minimum Gasteiger partial charge on any atom is -0.399 e. The van der Waals surface area contributed by atoms with Crippen LogP contribution in [0.1, 0.15) is 0 Å². The summed E-state index contributed by atoms with van der Waals surface area (Å²) in [7, 11) is 1.65. The predicted octanol–water partition coefficient (Wildman–Crippen LogP) is 1.29. The highest BCUT2D eigenvalue weighted by Crippen LogP contribution is 2.21. The minimum atomic E-state index is 0.593. The maximum Gasteiger partial charge on any atom is 0.137 e. The predicted molar refractivity (Wildman–Crippen MR) is 75.1 cm³/mol. The van der Waals surface area contributed by atoms with Crippen molar-refractivity contribution in [2.24, 2.45) is 0 Å². The number of fused-ring (bicyclic) bond motifs is 1. The third kappa shape index (κ3) is 3.77. The van der Waals surface area contributed by atoms with E-state index in [9.17, 15) is 0 Å². The zero-order chi connectivity index (χ0) is 13.5. The smallest absolute Gasteiger partial charge is 0.137 e. The lowest BCUT2D eigenvalue weighted by molar-refractivity contribution is 0.0759. The molecule has 0 spiro atoms. The number of hydrogen-bond donors (Lipinski definition) is 2. The Balaban J connectivity index is 1.95.